The van der Waals surface area contributed by atoms with Gasteiger partial charge in [-0.1, -0.05) is 31.0 Å². The Kier molecular flexibility index (Phi) is 7.32. The Balaban J connectivity index is 1.82. The highest BCUT2D eigenvalue weighted by molar-refractivity contribution is 8.14. The van der Waals surface area contributed by atoms with Crippen LogP contribution in [0.1, 0.15) is 45.4 Å². The van der Waals surface area contributed by atoms with Crippen LogP contribution in [-0.2, 0) is 19.2 Å². The summed E-state index contributed by atoms with van der Waals surface area (Å²) in [6.07, 6.45) is 4.54. The molecule has 31 heavy (non-hydrogen) atoms. The summed E-state index contributed by atoms with van der Waals surface area (Å²) in [6.45, 7) is 1.40. The highest BCUT2D eigenvalue weighted by Gasteiger charge is 2.46. The predicted molar refractivity (Wildman–Crippen MR) is 120 cm³/mol. The van der Waals surface area contributed by atoms with Crippen molar-refractivity contribution in [1.29, 1.82) is 5.41 Å². The molecular formula is C21H27N5O4S. The second-order valence-corrected chi connectivity index (χ2v) is 8.78. The zero-order chi connectivity index (χ0) is 22.5. The Bertz CT molecular complexity index is 882. The summed E-state index contributed by atoms with van der Waals surface area (Å²) in [5.41, 5.74) is 6.35. The molecule has 0 radical (unpaired) electrons. The molecule has 2 aliphatic rings. The van der Waals surface area contributed by atoms with Crippen LogP contribution in [-0.4, -0.2) is 51.5 Å². The van der Waals surface area contributed by atoms with E-state index >= 15 is 0 Å². The molecule has 1 aromatic carbocycles. The van der Waals surface area contributed by atoms with Gasteiger partial charge in [0.1, 0.15) is 6.04 Å². The Morgan fingerprint density at radius 3 is 2.42 bits per heavy atom. The molecule has 1 aromatic rings. The third-order valence-electron chi connectivity index (χ3n) is 5.51. The van der Waals surface area contributed by atoms with E-state index in [1.165, 1.54) is 6.92 Å². The Labute approximate surface area is 185 Å². The van der Waals surface area contributed by atoms with E-state index in [2.05, 4.69) is 5.32 Å². The SMILES string of the molecule is CC(=O)Nc1ccc(N2C(=O)C[C@H](N(C(=O)CSC(=N)N)C3CCCCC3)C2=O)cc1. The summed E-state index contributed by atoms with van der Waals surface area (Å²) < 4.78 is 0. The van der Waals surface area contributed by atoms with Crippen LogP contribution in [0, 0.1) is 5.41 Å². The average molecular weight is 446 g/mol. The molecular weight excluding hydrogens is 418 g/mol. The summed E-state index contributed by atoms with van der Waals surface area (Å²) in [5.74, 6) is -1.32. The number of carbonyl (C=O) groups excluding carboxylic acids is 4. The van der Waals surface area contributed by atoms with Gasteiger partial charge in [0.2, 0.25) is 17.7 Å². The fourth-order valence-corrected chi connectivity index (χ4v) is 4.63. The second kappa shape index (κ2) is 9.95. The highest BCUT2D eigenvalue weighted by atomic mass is 32.2. The number of hydrogen-bond acceptors (Lipinski definition) is 6. The lowest BCUT2D eigenvalue weighted by molar-refractivity contribution is -0.139. The molecule has 0 unspecified atom stereocenters. The van der Waals surface area contributed by atoms with Crippen molar-refractivity contribution >= 4 is 51.9 Å². The first-order valence-corrected chi connectivity index (χ1v) is 11.3. The molecule has 0 aromatic heterocycles. The van der Waals surface area contributed by atoms with Crippen LogP contribution >= 0.6 is 11.8 Å². The summed E-state index contributed by atoms with van der Waals surface area (Å²) in [5, 5.41) is 9.86. The highest BCUT2D eigenvalue weighted by Crippen LogP contribution is 2.32. The molecule has 1 saturated heterocycles. The van der Waals surface area contributed by atoms with Crippen molar-refractivity contribution in [3.05, 3.63) is 24.3 Å². The van der Waals surface area contributed by atoms with Crippen LogP contribution < -0.4 is 16.0 Å². The molecule has 2 fully saturated rings. The molecule has 4 amide bonds. The Morgan fingerprint density at radius 1 is 1.19 bits per heavy atom. The maximum absolute atomic E-state index is 13.3. The van der Waals surface area contributed by atoms with Crippen molar-refractivity contribution in [1.82, 2.24) is 4.90 Å². The minimum Gasteiger partial charge on any atom is -0.379 e. The first-order chi connectivity index (χ1) is 14.8. The first kappa shape index (κ1) is 22.8. The van der Waals surface area contributed by atoms with Gasteiger partial charge in [-0.05, 0) is 37.1 Å². The standard InChI is InChI=1S/C21H27N5O4S/c1-13(27)24-14-7-9-16(10-8-14)26-18(28)11-17(20(26)30)25(15-5-3-2-4-6-15)19(29)12-31-21(22)23/h7-10,15,17H,2-6,11-12H2,1H3,(H3,22,23)(H,24,27)/t17-/m0/s1. The second-order valence-electron chi connectivity index (χ2n) is 7.76. The van der Waals surface area contributed by atoms with Gasteiger partial charge in [0.05, 0.1) is 17.9 Å². The monoisotopic (exact) mass is 445 g/mol. The van der Waals surface area contributed by atoms with Crippen molar-refractivity contribution < 1.29 is 19.2 Å². The van der Waals surface area contributed by atoms with Gasteiger partial charge >= 0.3 is 0 Å². The van der Waals surface area contributed by atoms with Crippen LogP contribution in [0.5, 0.6) is 0 Å². The maximum Gasteiger partial charge on any atom is 0.257 e. The number of nitrogens with one attached hydrogen (secondary N) is 2. The normalized spacial score (nSPS) is 19.4. The van der Waals surface area contributed by atoms with E-state index in [0.717, 1.165) is 48.8 Å². The van der Waals surface area contributed by atoms with E-state index in [-0.39, 0.29) is 41.1 Å². The molecule has 1 atom stereocenters. The number of hydrogen-bond donors (Lipinski definition) is 3. The lowest BCUT2D eigenvalue weighted by Gasteiger charge is -2.37. The largest absolute Gasteiger partial charge is 0.379 e. The summed E-state index contributed by atoms with van der Waals surface area (Å²) >= 11 is 0.922. The van der Waals surface area contributed by atoms with E-state index in [1.807, 2.05) is 0 Å². The van der Waals surface area contributed by atoms with Gasteiger partial charge in [0.25, 0.3) is 5.91 Å². The Morgan fingerprint density at radius 2 is 1.84 bits per heavy atom. The van der Waals surface area contributed by atoms with Gasteiger partial charge in [-0.3, -0.25) is 24.6 Å². The molecule has 1 aliphatic carbocycles. The fourth-order valence-electron chi connectivity index (χ4n) is 4.21. The number of amidine groups is 1. The van der Waals surface area contributed by atoms with Gasteiger partial charge in [-0.25, -0.2) is 4.90 Å². The third-order valence-corrected chi connectivity index (χ3v) is 6.21. The number of amides is 4. The van der Waals surface area contributed by atoms with Crippen LogP contribution in [0.2, 0.25) is 0 Å². The van der Waals surface area contributed by atoms with Crippen LogP contribution in [0.3, 0.4) is 0 Å². The number of rotatable bonds is 6. The molecule has 9 nitrogen and oxygen atoms in total. The zero-order valence-electron chi connectivity index (χ0n) is 17.4. The molecule has 0 bridgehead atoms. The quantitative estimate of drug-likeness (QED) is 0.348. The van der Waals surface area contributed by atoms with Crippen molar-refractivity contribution in [2.75, 3.05) is 16.0 Å². The number of thioether (sulfide) groups is 1. The topological polar surface area (TPSA) is 137 Å². The average Bonchev–Trinajstić information content (AvgIpc) is 3.01. The molecule has 10 heteroatoms. The lowest BCUT2D eigenvalue weighted by atomic mass is 9.92. The van der Waals surface area contributed by atoms with Crippen molar-refractivity contribution in [2.45, 2.75) is 57.5 Å². The minimum atomic E-state index is -0.856. The smallest absolute Gasteiger partial charge is 0.257 e. The van der Waals surface area contributed by atoms with Crippen LogP contribution in [0.4, 0.5) is 11.4 Å². The van der Waals surface area contributed by atoms with Crippen LogP contribution in [0.15, 0.2) is 24.3 Å². The number of benzene rings is 1. The molecule has 0 spiro atoms. The number of carbonyl (C=O) groups is 4. The van der Waals surface area contributed by atoms with Crippen molar-refractivity contribution in [2.24, 2.45) is 5.73 Å². The maximum atomic E-state index is 13.3. The first-order valence-electron chi connectivity index (χ1n) is 10.3. The molecule has 3 rings (SSSR count). The zero-order valence-corrected chi connectivity index (χ0v) is 18.2. The van der Waals surface area contributed by atoms with E-state index in [9.17, 15) is 19.2 Å². The van der Waals surface area contributed by atoms with E-state index in [0.29, 0.717) is 11.4 Å². The summed E-state index contributed by atoms with van der Waals surface area (Å²) in [4.78, 5) is 52.9. The molecule has 1 saturated carbocycles. The molecule has 1 heterocycles. The van der Waals surface area contributed by atoms with Crippen LogP contribution in [0.25, 0.3) is 0 Å². The molecule has 4 N–H and O–H groups in total. The number of nitrogens with zero attached hydrogens (tertiary/aromatic N) is 2. The third kappa shape index (κ3) is 5.43. The van der Waals surface area contributed by atoms with Crippen molar-refractivity contribution in [3.8, 4) is 0 Å². The van der Waals surface area contributed by atoms with Gasteiger partial charge < -0.3 is 16.0 Å². The predicted octanol–water partition coefficient (Wildman–Crippen LogP) is 2.06. The van der Waals surface area contributed by atoms with Gasteiger partial charge in [-0.15, -0.1) is 0 Å². The van der Waals surface area contributed by atoms with E-state index in [4.69, 9.17) is 11.1 Å². The van der Waals surface area contributed by atoms with E-state index < -0.39 is 11.9 Å². The lowest BCUT2D eigenvalue weighted by Crippen LogP contribution is -2.52. The molecule has 1 aliphatic heterocycles. The fraction of sp³-hybridized carbons (Fsp3) is 0.476. The van der Waals surface area contributed by atoms with Gasteiger partial charge in [-0.2, -0.15) is 0 Å². The number of anilines is 2. The van der Waals surface area contributed by atoms with E-state index in [1.54, 1.807) is 29.2 Å². The minimum absolute atomic E-state index is 0.0325. The number of nitrogens with two attached hydrogens (primary N) is 1. The van der Waals surface area contributed by atoms with Gasteiger partial charge in [0, 0.05) is 18.7 Å². The molecule has 166 valence electrons. The summed E-state index contributed by atoms with van der Waals surface area (Å²) in [6, 6.07) is 5.49. The van der Waals surface area contributed by atoms with Crippen molar-refractivity contribution in [3.63, 3.8) is 0 Å². The number of imide groups is 1. The Hall–Kier alpha value is -2.88. The summed E-state index contributed by atoms with van der Waals surface area (Å²) in [7, 11) is 0. The van der Waals surface area contributed by atoms with Gasteiger partial charge in [0.15, 0.2) is 5.17 Å².